The van der Waals surface area contributed by atoms with Crippen molar-refractivity contribution in [3.05, 3.63) is 104 Å². The highest BCUT2D eigenvalue weighted by Gasteiger charge is 2.21. The molecule has 1 N–H and O–H groups in total. The van der Waals surface area contributed by atoms with E-state index in [9.17, 15) is 19.3 Å². The summed E-state index contributed by atoms with van der Waals surface area (Å²) in [6.07, 6.45) is 3.94. The summed E-state index contributed by atoms with van der Waals surface area (Å²) in [6, 6.07) is 14.2. The van der Waals surface area contributed by atoms with Crippen LogP contribution in [-0.2, 0) is 0 Å². The Morgan fingerprint density at radius 2 is 2.08 bits per heavy atom. The minimum atomic E-state index is -0.542. The second-order valence-corrected chi connectivity index (χ2v) is 9.69. The van der Waals surface area contributed by atoms with Crippen LogP contribution in [-0.4, -0.2) is 33.4 Å². The van der Waals surface area contributed by atoms with Gasteiger partial charge in [-0.25, -0.2) is 14.1 Å². The highest BCUT2D eigenvalue weighted by molar-refractivity contribution is 7.17. The third-order valence-electron chi connectivity index (χ3n) is 5.58. The first-order chi connectivity index (χ1) is 18.7. The molecule has 2 aromatic heterocycles. The van der Waals surface area contributed by atoms with Crippen molar-refractivity contribution in [3.8, 4) is 11.4 Å². The van der Waals surface area contributed by atoms with Crippen molar-refractivity contribution in [1.82, 2.24) is 15.1 Å². The van der Waals surface area contributed by atoms with Crippen LogP contribution >= 0.6 is 22.9 Å². The van der Waals surface area contributed by atoms with Crippen LogP contribution in [0.15, 0.2) is 71.9 Å². The fraction of sp³-hybridized carbons (Fsp3) is 0.148. The lowest BCUT2D eigenvalue weighted by Gasteiger charge is -2.12. The molecule has 4 aromatic rings. The van der Waals surface area contributed by atoms with Crippen LogP contribution in [0, 0.1) is 15.9 Å². The van der Waals surface area contributed by atoms with Crippen molar-refractivity contribution in [1.29, 1.82) is 0 Å². The summed E-state index contributed by atoms with van der Waals surface area (Å²) in [7, 11) is 1.38. The number of methoxy groups -OCH3 is 1. The van der Waals surface area contributed by atoms with E-state index >= 15 is 0 Å². The number of ether oxygens (including phenoxy) is 1. The molecule has 4 rings (SSSR count). The molecule has 0 aliphatic carbocycles. The maximum atomic E-state index is 14.0. The predicted molar refractivity (Wildman–Crippen MR) is 150 cm³/mol. The number of hydrogen-bond acceptors (Lipinski definition) is 7. The van der Waals surface area contributed by atoms with Gasteiger partial charge in [-0.3, -0.25) is 14.9 Å². The minimum Gasteiger partial charge on any atom is -0.494 e. The Bertz CT molecular complexity index is 1610. The molecule has 0 radical (unpaired) electrons. The van der Waals surface area contributed by atoms with Crippen LogP contribution in [0.3, 0.4) is 0 Å². The number of allylic oxidation sites excluding steroid dienone is 1. The van der Waals surface area contributed by atoms with Gasteiger partial charge in [0, 0.05) is 22.5 Å². The summed E-state index contributed by atoms with van der Waals surface area (Å²) >= 11 is 7.02. The number of thiophene rings is 1. The van der Waals surface area contributed by atoms with Gasteiger partial charge >= 0.3 is 5.00 Å². The third-order valence-corrected chi connectivity index (χ3v) is 6.85. The standard InChI is InChI=1S/C27H23ClFN5O4S/c1-4-6-22(32-27(35)24-11-12-25(39-24)34(36)37)20-15-30-33(19-8-5-7-18(28)14-19)26(20)31-16(2)17-9-10-21(29)23(13-17)38-3/h5-15H,4H2,1-3H3,(H,32,35)/b22-6-,31-16+. The smallest absolute Gasteiger partial charge is 0.324 e. The van der Waals surface area contributed by atoms with Crippen LogP contribution < -0.4 is 10.1 Å². The molecule has 2 aromatic carbocycles. The van der Waals surface area contributed by atoms with Gasteiger partial charge in [0.05, 0.1) is 34.4 Å². The number of aromatic nitrogens is 2. The molecule has 0 aliphatic heterocycles. The molecular formula is C27H23ClFN5O4S. The zero-order valence-electron chi connectivity index (χ0n) is 21.1. The molecule has 39 heavy (non-hydrogen) atoms. The normalized spacial score (nSPS) is 11.9. The Kier molecular flexibility index (Phi) is 8.52. The van der Waals surface area contributed by atoms with Crippen LogP contribution in [0.5, 0.6) is 5.75 Å². The summed E-state index contributed by atoms with van der Waals surface area (Å²) < 4.78 is 20.7. The SMILES string of the molecule is CC/C=C(\NC(=O)c1ccc([N+](=O)[O-])s1)c1cnn(-c2cccc(Cl)c2)c1/N=C(\C)c1ccc(F)c(OC)c1. The zero-order valence-corrected chi connectivity index (χ0v) is 22.7. The van der Waals surface area contributed by atoms with E-state index in [-0.39, 0.29) is 15.6 Å². The molecule has 0 atom stereocenters. The number of nitro groups is 1. The molecular weight excluding hydrogens is 545 g/mol. The van der Waals surface area contributed by atoms with Gasteiger partial charge in [0.1, 0.15) is 0 Å². The van der Waals surface area contributed by atoms with Gasteiger partial charge in [0.15, 0.2) is 17.4 Å². The molecule has 1 amide bonds. The number of carbonyl (C=O) groups excluding carboxylic acids is 1. The Morgan fingerprint density at radius 3 is 2.74 bits per heavy atom. The molecule has 0 unspecified atom stereocenters. The summed E-state index contributed by atoms with van der Waals surface area (Å²) in [5, 5.41) is 18.8. The maximum Gasteiger partial charge on any atom is 0.324 e. The Labute approximate surface area is 232 Å². The first-order valence-electron chi connectivity index (χ1n) is 11.7. The van der Waals surface area contributed by atoms with E-state index in [1.807, 2.05) is 13.0 Å². The third kappa shape index (κ3) is 6.21. The van der Waals surface area contributed by atoms with Gasteiger partial charge < -0.3 is 10.1 Å². The van der Waals surface area contributed by atoms with E-state index in [2.05, 4.69) is 10.4 Å². The average molecular weight is 568 g/mol. The molecule has 0 bridgehead atoms. The molecule has 0 saturated carbocycles. The second-order valence-electron chi connectivity index (χ2n) is 8.20. The van der Waals surface area contributed by atoms with Crippen molar-refractivity contribution in [2.45, 2.75) is 20.3 Å². The quantitative estimate of drug-likeness (QED) is 0.133. The lowest BCUT2D eigenvalue weighted by molar-refractivity contribution is -0.380. The number of amides is 1. The number of nitrogens with one attached hydrogen (secondary N) is 1. The summed E-state index contributed by atoms with van der Waals surface area (Å²) in [5.74, 6) is -0.536. The molecule has 0 saturated heterocycles. The number of carbonyl (C=O) groups is 1. The van der Waals surface area contributed by atoms with Crippen LogP contribution in [0.4, 0.5) is 15.2 Å². The second kappa shape index (κ2) is 12.0. The van der Waals surface area contributed by atoms with Crippen LogP contribution in [0.1, 0.15) is 41.1 Å². The fourth-order valence-electron chi connectivity index (χ4n) is 3.71. The number of benzene rings is 2. The van der Waals surface area contributed by atoms with E-state index < -0.39 is 16.6 Å². The van der Waals surface area contributed by atoms with Gasteiger partial charge in [0.2, 0.25) is 0 Å². The van der Waals surface area contributed by atoms with E-state index in [1.165, 1.54) is 25.3 Å². The van der Waals surface area contributed by atoms with E-state index in [0.717, 1.165) is 11.3 Å². The number of nitrogens with zero attached hydrogens (tertiary/aromatic N) is 4. The molecule has 200 valence electrons. The summed E-state index contributed by atoms with van der Waals surface area (Å²) in [4.78, 5) is 28.6. The largest absolute Gasteiger partial charge is 0.494 e. The first kappa shape index (κ1) is 27.7. The number of halogens is 2. The molecule has 9 nitrogen and oxygen atoms in total. The minimum absolute atomic E-state index is 0.0782. The Hall–Kier alpha value is -4.35. The Balaban J connectivity index is 1.82. The molecule has 0 spiro atoms. The lowest BCUT2D eigenvalue weighted by Crippen LogP contribution is -2.21. The summed E-state index contributed by atoms with van der Waals surface area (Å²) in [6.45, 7) is 3.67. The van der Waals surface area contributed by atoms with E-state index in [0.29, 0.717) is 45.5 Å². The monoisotopic (exact) mass is 567 g/mol. The van der Waals surface area contributed by atoms with Gasteiger partial charge in [0.25, 0.3) is 5.91 Å². The van der Waals surface area contributed by atoms with E-state index in [1.54, 1.807) is 54.2 Å². The fourth-order valence-corrected chi connectivity index (χ4v) is 4.61. The first-order valence-corrected chi connectivity index (χ1v) is 12.9. The number of rotatable bonds is 9. The number of aliphatic imine (C=N–C) groups is 1. The van der Waals surface area contributed by atoms with Crippen molar-refractivity contribution in [2.75, 3.05) is 7.11 Å². The number of hydrogen-bond donors (Lipinski definition) is 1. The van der Waals surface area contributed by atoms with Crippen LogP contribution in [0.2, 0.25) is 5.02 Å². The average Bonchev–Trinajstić information content (AvgIpc) is 3.57. The summed E-state index contributed by atoms with van der Waals surface area (Å²) in [5.41, 5.74) is 2.72. The molecule has 2 heterocycles. The topological polar surface area (TPSA) is 112 Å². The van der Waals surface area contributed by atoms with Crippen molar-refractivity contribution in [2.24, 2.45) is 4.99 Å². The Morgan fingerprint density at radius 1 is 1.28 bits per heavy atom. The van der Waals surface area contributed by atoms with Crippen LogP contribution in [0.25, 0.3) is 11.4 Å². The molecule has 0 aliphatic rings. The highest BCUT2D eigenvalue weighted by Crippen LogP contribution is 2.31. The van der Waals surface area contributed by atoms with Gasteiger partial charge in [-0.05, 0) is 61.4 Å². The lowest BCUT2D eigenvalue weighted by atomic mass is 10.1. The zero-order chi connectivity index (χ0) is 28.1. The van der Waals surface area contributed by atoms with E-state index in [4.69, 9.17) is 21.3 Å². The molecule has 12 heteroatoms. The predicted octanol–water partition coefficient (Wildman–Crippen LogP) is 6.96. The van der Waals surface area contributed by atoms with Gasteiger partial charge in [-0.15, -0.1) is 0 Å². The van der Waals surface area contributed by atoms with Gasteiger partial charge in [-0.2, -0.15) is 5.10 Å². The molecule has 0 fully saturated rings. The highest BCUT2D eigenvalue weighted by atomic mass is 35.5. The van der Waals surface area contributed by atoms with Gasteiger partial charge in [-0.1, -0.05) is 42.0 Å². The van der Waals surface area contributed by atoms with Crippen molar-refractivity contribution < 1.29 is 18.8 Å². The van der Waals surface area contributed by atoms with Crippen molar-refractivity contribution in [3.63, 3.8) is 0 Å². The van der Waals surface area contributed by atoms with Crippen molar-refractivity contribution >= 4 is 51.1 Å². The maximum absolute atomic E-state index is 14.0.